The third kappa shape index (κ3) is 1.63. The number of hydrogen-bond donors (Lipinski definition) is 0. The molecule has 124 valence electrons. The Labute approximate surface area is 112 Å². The van der Waals surface area contributed by atoms with Crippen molar-refractivity contribution in [3.8, 4) is 0 Å². The molecule has 0 aromatic rings. The molecule has 12 heteroatoms. The molecule has 2 rings (SSSR count). The number of allylic oxidation sites excluding steroid dienone is 6. The smallest absolute Gasteiger partial charge is 0.202 e. The summed E-state index contributed by atoms with van der Waals surface area (Å²) in [5.41, 5.74) is -7.46. The topological polar surface area (TPSA) is 0 Å². The highest BCUT2D eigenvalue weighted by molar-refractivity contribution is 5.57. The molecular weight excluding hydrogens is 348 g/mol. The van der Waals surface area contributed by atoms with Gasteiger partial charge in [0.05, 0.1) is 11.1 Å². The Morgan fingerprint density at radius 1 is 0.364 bits per heavy atom. The lowest BCUT2D eigenvalue weighted by Crippen LogP contribution is -2.52. The predicted molar refractivity (Wildman–Crippen MR) is 45.3 cm³/mol. The van der Waals surface area contributed by atoms with Gasteiger partial charge in [-0.1, -0.05) is 0 Å². The van der Waals surface area contributed by atoms with Gasteiger partial charge in [0.15, 0.2) is 0 Å². The number of halogens is 12. The van der Waals surface area contributed by atoms with Gasteiger partial charge in [0, 0.05) is 0 Å². The largest absolute Gasteiger partial charge is 0.329 e. The van der Waals surface area contributed by atoms with Crippen LogP contribution in [0.3, 0.4) is 0 Å². The summed E-state index contributed by atoms with van der Waals surface area (Å²) in [5, 5.41) is 0. The van der Waals surface area contributed by atoms with E-state index in [-0.39, 0.29) is 0 Å². The SMILES string of the molecule is FC1=C(F)C(F)(F)C2=C(C1(F)F)C(F)(F)C(F)=C(F)C2(F)F. The lowest BCUT2D eigenvalue weighted by Gasteiger charge is -2.39. The van der Waals surface area contributed by atoms with E-state index in [9.17, 15) is 52.7 Å². The average Bonchev–Trinajstić information content (AvgIpc) is 2.37. The van der Waals surface area contributed by atoms with Crippen LogP contribution in [0.4, 0.5) is 52.7 Å². The predicted octanol–water partition coefficient (Wildman–Crippen LogP) is 5.15. The quantitative estimate of drug-likeness (QED) is 0.419. The summed E-state index contributed by atoms with van der Waals surface area (Å²) < 4.78 is 158. The van der Waals surface area contributed by atoms with Crippen molar-refractivity contribution >= 4 is 0 Å². The first-order valence-corrected chi connectivity index (χ1v) is 5.02. The molecular formula is C10F12. The van der Waals surface area contributed by atoms with Gasteiger partial charge in [-0.2, -0.15) is 35.1 Å². The Balaban J connectivity index is 2.99. The molecule has 0 spiro atoms. The standard InChI is InChI=1S/C10F12/c11-3-5(13)9(19,20)2-1(7(3,15)16)8(17,18)4(12)6(14)10(2,21)22. The second-order valence-corrected chi connectivity index (χ2v) is 4.30. The van der Waals surface area contributed by atoms with E-state index in [0.717, 1.165) is 0 Å². The van der Waals surface area contributed by atoms with E-state index in [0.29, 0.717) is 0 Å². The number of rotatable bonds is 0. The van der Waals surface area contributed by atoms with Crippen LogP contribution in [-0.4, -0.2) is 23.7 Å². The fourth-order valence-electron chi connectivity index (χ4n) is 2.01. The summed E-state index contributed by atoms with van der Waals surface area (Å²) in [6, 6.07) is 0. The molecule has 0 aromatic heterocycles. The minimum atomic E-state index is -6.02. The maximum absolute atomic E-state index is 13.3. The second kappa shape index (κ2) is 4.02. The lowest BCUT2D eigenvalue weighted by molar-refractivity contribution is -0.0969. The summed E-state index contributed by atoms with van der Waals surface area (Å²) in [4.78, 5) is 0. The van der Waals surface area contributed by atoms with Crippen LogP contribution in [-0.2, 0) is 0 Å². The van der Waals surface area contributed by atoms with E-state index in [2.05, 4.69) is 0 Å². The molecule has 0 bridgehead atoms. The third-order valence-electron chi connectivity index (χ3n) is 2.99. The van der Waals surface area contributed by atoms with E-state index < -0.39 is 58.1 Å². The van der Waals surface area contributed by atoms with Gasteiger partial charge in [-0.15, -0.1) is 0 Å². The second-order valence-electron chi connectivity index (χ2n) is 4.30. The van der Waals surface area contributed by atoms with Gasteiger partial charge in [0.2, 0.25) is 23.3 Å². The molecule has 0 fully saturated rings. The van der Waals surface area contributed by atoms with Gasteiger partial charge in [-0.05, 0) is 0 Å². The van der Waals surface area contributed by atoms with Crippen molar-refractivity contribution in [3.63, 3.8) is 0 Å². The van der Waals surface area contributed by atoms with Crippen molar-refractivity contribution in [2.24, 2.45) is 0 Å². The minimum Gasteiger partial charge on any atom is -0.202 e. The normalized spacial score (nSPS) is 28.9. The molecule has 0 heterocycles. The van der Waals surface area contributed by atoms with E-state index in [1.807, 2.05) is 0 Å². The van der Waals surface area contributed by atoms with Gasteiger partial charge < -0.3 is 0 Å². The molecule has 0 radical (unpaired) electrons. The Morgan fingerprint density at radius 3 is 0.636 bits per heavy atom. The number of hydrogen-bond acceptors (Lipinski definition) is 0. The van der Waals surface area contributed by atoms with Gasteiger partial charge in [0.1, 0.15) is 0 Å². The van der Waals surface area contributed by atoms with Gasteiger partial charge in [0.25, 0.3) is 0 Å². The molecule has 0 saturated heterocycles. The highest BCUT2D eigenvalue weighted by Crippen LogP contribution is 2.63. The maximum atomic E-state index is 13.3. The van der Waals surface area contributed by atoms with Crippen LogP contribution in [0.2, 0.25) is 0 Å². The van der Waals surface area contributed by atoms with E-state index in [1.54, 1.807) is 0 Å². The van der Waals surface area contributed by atoms with Crippen LogP contribution >= 0.6 is 0 Å². The molecule has 0 nitrogen and oxygen atoms in total. The zero-order valence-electron chi connectivity index (χ0n) is 9.54. The average molecular weight is 348 g/mol. The summed E-state index contributed by atoms with van der Waals surface area (Å²) in [5.74, 6) is -39.2. The van der Waals surface area contributed by atoms with Crippen molar-refractivity contribution in [1.29, 1.82) is 0 Å². The summed E-state index contributed by atoms with van der Waals surface area (Å²) >= 11 is 0. The van der Waals surface area contributed by atoms with Crippen molar-refractivity contribution in [2.45, 2.75) is 23.7 Å². The number of alkyl halides is 8. The van der Waals surface area contributed by atoms with Crippen molar-refractivity contribution in [2.75, 3.05) is 0 Å². The summed E-state index contributed by atoms with van der Waals surface area (Å²) in [6.45, 7) is 0. The first-order valence-electron chi connectivity index (χ1n) is 5.02. The molecule has 2 aliphatic carbocycles. The summed E-state index contributed by atoms with van der Waals surface area (Å²) in [7, 11) is 0. The zero-order valence-corrected chi connectivity index (χ0v) is 9.54. The molecule has 22 heavy (non-hydrogen) atoms. The van der Waals surface area contributed by atoms with Crippen molar-refractivity contribution in [3.05, 3.63) is 34.5 Å². The van der Waals surface area contributed by atoms with Gasteiger partial charge >= 0.3 is 23.7 Å². The lowest BCUT2D eigenvalue weighted by atomic mass is 9.78. The van der Waals surface area contributed by atoms with E-state index >= 15 is 0 Å². The fraction of sp³-hybridized carbons (Fsp3) is 0.400. The molecule has 2 aliphatic rings. The van der Waals surface area contributed by atoms with Crippen LogP contribution in [0, 0.1) is 0 Å². The molecule has 0 amide bonds. The van der Waals surface area contributed by atoms with E-state index in [4.69, 9.17) is 0 Å². The Kier molecular flexibility index (Phi) is 3.06. The minimum absolute atomic E-state index is 3.73. The van der Waals surface area contributed by atoms with Crippen LogP contribution < -0.4 is 0 Å². The third-order valence-corrected chi connectivity index (χ3v) is 2.99. The monoisotopic (exact) mass is 348 g/mol. The van der Waals surface area contributed by atoms with Crippen LogP contribution in [0.15, 0.2) is 34.5 Å². The zero-order chi connectivity index (χ0) is 17.5. The molecule has 0 aromatic carbocycles. The summed E-state index contributed by atoms with van der Waals surface area (Å²) in [6.07, 6.45) is 0. The Bertz CT molecular complexity index is 539. The van der Waals surface area contributed by atoms with Crippen LogP contribution in [0.25, 0.3) is 0 Å². The van der Waals surface area contributed by atoms with Crippen LogP contribution in [0.5, 0.6) is 0 Å². The van der Waals surface area contributed by atoms with Crippen LogP contribution in [0.1, 0.15) is 0 Å². The Morgan fingerprint density at radius 2 is 0.500 bits per heavy atom. The van der Waals surface area contributed by atoms with Crippen molar-refractivity contribution in [1.82, 2.24) is 0 Å². The molecule has 0 unspecified atom stereocenters. The first-order chi connectivity index (χ1) is 9.62. The molecule has 0 saturated carbocycles. The molecule has 0 N–H and O–H groups in total. The first kappa shape index (κ1) is 16.7. The van der Waals surface area contributed by atoms with E-state index in [1.165, 1.54) is 0 Å². The van der Waals surface area contributed by atoms with Gasteiger partial charge in [-0.3, -0.25) is 0 Å². The molecule has 0 atom stereocenters. The Hall–Kier alpha value is -1.62. The fourth-order valence-corrected chi connectivity index (χ4v) is 2.01. The van der Waals surface area contributed by atoms with Crippen molar-refractivity contribution < 1.29 is 52.7 Å². The molecule has 0 aliphatic heterocycles. The highest BCUT2D eigenvalue weighted by Gasteiger charge is 2.74. The maximum Gasteiger partial charge on any atom is 0.329 e. The van der Waals surface area contributed by atoms with Gasteiger partial charge in [-0.25, -0.2) is 17.6 Å². The highest BCUT2D eigenvalue weighted by atomic mass is 19.3.